The molecule has 0 saturated carbocycles. The van der Waals surface area contributed by atoms with Crippen LogP contribution in [0.15, 0.2) is 36.4 Å². The van der Waals surface area contributed by atoms with Crippen LogP contribution in [0.5, 0.6) is 0 Å². The number of hydrogen-bond donors (Lipinski definition) is 0. The second-order valence-corrected chi connectivity index (χ2v) is 5.99. The van der Waals surface area contributed by atoms with Gasteiger partial charge in [-0.3, -0.25) is 0 Å². The first-order chi connectivity index (χ1) is 11.5. The highest BCUT2D eigenvalue weighted by atomic mass is 19.4. The molecular weight excluding hydrogens is 342 g/mol. The van der Waals surface area contributed by atoms with E-state index in [1.54, 1.807) is 19.1 Å². The number of alkyl halides is 6. The third-order valence-electron chi connectivity index (χ3n) is 4.17. The Morgan fingerprint density at radius 2 is 1.20 bits per heavy atom. The molecular formula is C19H18F6. The molecule has 0 bridgehead atoms. The Morgan fingerprint density at radius 3 is 1.68 bits per heavy atom. The Kier molecular flexibility index (Phi) is 5.49. The highest BCUT2D eigenvalue weighted by molar-refractivity contribution is 5.36. The smallest absolute Gasteiger partial charge is 0.166 e. The maximum absolute atomic E-state index is 13.1. The van der Waals surface area contributed by atoms with Crippen LogP contribution in [0.25, 0.3) is 0 Å². The summed E-state index contributed by atoms with van der Waals surface area (Å²) in [5.41, 5.74) is -0.131. The van der Waals surface area contributed by atoms with Crippen molar-refractivity contribution < 1.29 is 26.3 Å². The second-order valence-electron chi connectivity index (χ2n) is 5.99. The van der Waals surface area contributed by atoms with Crippen LogP contribution >= 0.6 is 0 Å². The van der Waals surface area contributed by atoms with E-state index in [-0.39, 0.29) is 30.4 Å². The van der Waals surface area contributed by atoms with Crippen LogP contribution < -0.4 is 0 Å². The third kappa shape index (κ3) is 4.77. The van der Waals surface area contributed by atoms with E-state index >= 15 is 0 Å². The molecule has 136 valence electrons. The third-order valence-corrected chi connectivity index (χ3v) is 4.17. The highest BCUT2D eigenvalue weighted by Crippen LogP contribution is 2.34. The Hall–Kier alpha value is -1.98. The van der Waals surface area contributed by atoms with E-state index in [2.05, 4.69) is 0 Å². The molecule has 2 aromatic carbocycles. The zero-order valence-corrected chi connectivity index (χ0v) is 13.9. The minimum atomic E-state index is -4.44. The Bertz CT molecular complexity index is 741. The molecule has 0 unspecified atom stereocenters. The van der Waals surface area contributed by atoms with Crippen molar-refractivity contribution >= 4 is 0 Å². The van der Waals surface area contributed by atoms with Gasteiger partial charge in [-0.15, -0.1) is 0 Å². The topological polar surface area (TPSA) is 0 Å². The van der Waals surface area contributed by atoms with Crippen molar-refractivity contribution in [3.63, 3.8) is 0 Å². The van der Waals surface area contributed by atoms with E-state index in [9.17, 15) is 26.3 Å². The number of halogens is 6. The largest absolute Gasteiger partial charge is 0.416 e. The lowest BCUT2D eigenvalue weighted by molar-refractivity contribution is -0.139. The van der Waals surface area contributed by atoms with Gasteiger partial charge in [-0.1, -0.05) is 31.2 Å². The summed E-state index contributed by atoms with van der Waals surface area (Å²) in [7, 11) is 0. The summed E-state index contributed by atoms with van der Waals surface area (Å²) >= 11 is 0. The summed E-state index contributed by atoms with van der Waals surface area (Å²) in [6.07, 6.45) is -8.12. The van der Waals surface area contributed by atoms with E-state index < -0.39 is 23.5 Å². The molecule has 0 aliphatic rings. The van der Waals surface area contributed by atoms with E-state index in [1.807, 2.05) is 0 Å². The first kappa shape index (κ1) is 19.3. The summed E-state index contributed by atoms with van der Waals surface area (Å²) < 4.78 is 78.0. The molecule has 2 aromatic rings. The van der Waals surface area contributed by atoms with Gasteiger partial charge in [0.2, 0.25) is 0 Å². The van der Waals surface area contributed by atoms with Crippen molar-refractivity contribution in [3.8, 4) is 0 Å². The summed E-state index contributed by atoms with van der Waals surface area (Å²) in [6.45, 7) is 3.03. The molecule has 0 aliphatic heterocycles. The number of hydrogen-bond acceptors (Lipinski definition) is 0. The number of rotatable bonds is 4. The van der Waals surface area contributed by atoms with Crippen molar-refractivity contribution in [1.29, 1.82) is 0 Å². The van der Waals surface area contributed by atoms with Crippen LogP contribution in [0, 0.1) is 6.92 Å². The minimum Gasteiger partial charge on any atom is -0.166 e. The Morgan fingerprint density at radius 1 is 0.720 bits per heavy atom. The molecule has 0 atom stereocenters. The molecule has 0 fully saturated rings. The predicted octanol–water partition coefficient (Wildman–Crippen LogP) is 6.38. The summed E-state index contributed by atoms with van der Waals surface area (Å²) in [5, 5.41) is 0. The van der Waals surface area contributed by atoms with Gasteiger partial charge in [0.25, 0.3) is 0 Å². The minimum absolute atomic E-state index is 0.128. The second kappa shape index (κ2) is 7.10. The fraction of sp³-hybridized carbons (Fsp3) is 0.368. The van der Waals surface area contributed by atoms with Gasteiger partial charge in [0, 0.05) is 0 Å². The predicted molar refractivity (Wildman–Crippen MR) is 84.4 cm³/mol. The molecule has 0 amide bonds. The molecule has 0 heterocycles. The van der Waals surface area contributed by atoms with E-state index in [0.29, 0.717) is 11.1 Å². The summed E-state index contributed by atoms with van der Waals surface area (Å²) in [6, 6.07) is 8.18. The SMILES string of the molecule is CCc1ccc(CCc2ccc(C)c(C(F)(F)F)c2)cc1C(F)(F)F. The quantitative estimate of drug-likeness (QED) is 0.555. The Balaban J connectivity index is 2.22. The molecule has 0 aliphatic carbocycles. The molecule has 2 rings (SSSR count). The maximum atomic E-state index is 13.1. The maximum Gasteiger partial charge on any atom is 0.416 e. The van der Waals surface area contributed by atoms with Gasteiger partial charge >= 0.3 is 12.4 Å². The van der Waals surface area contributed by atoms with E-state index in [4.69, 9.17) is 0 Å². The lowest BCUT2D eigenvalue weighted by Gasteiger charge is -2.14. The average molecular weight is 360 g/mol. The van der Waals surface area contributed by atoms with Crippen molar-refractivity contribution in [1.82, 2.24) is 0 Å². The molecule has 0 N–H and O–H groups in total. The standard InChI is InChI=1S/C19H18F6/c1-3-15-9-8-14(11-17(15)19(23,24)25)7-6-13-5-4-12(2)16(10-13)18(20,21)22/h4-5,8-11H,3,6-7H2,1-2H3. The first-order valence-electron chi connectivity index (χ1n) is 7.88. The van der Waals surface area contributed by atoms with Crippen molar-refractivity contribution in [3.05, 3.63) is 69.8 Å². The molecule has 25 heavy (non-hydrogen) atoms. The van der Waals surface area contributed by atoms with Crippen LogP contribution in [0.3, 0.4) is 0 Å². The molecule has 6 heteroatoms. The van der Waals surface area contributed by atoms with Crippen LogP contribution in [0.1, 0.15) is 40.3 Å². The lowest BCUT2D eigenvalue weighted by Crippen LogP contribution is -2.10. The van der Waals surface area contributed by atoms with E-state index in [1.165, 1.54) is 19.1 Å². The lowest BCUT2D eigenvalue weighted by atomic mass is 9.96. The van der Waals surface area contributed by atoms with Crippen LogP contribution in [0.2, 0.25) is 0 Å². The van der Waals surface area contributed by atoms with Gasteiger partial charge in [-0.05, 0) is 60.6 Å². The van der Waals surface area contributed by atoms with Gasteiger partial charge in [-0.2, -0.15) is 26.3 Å². The van der Waals surface area contributed by atoms with Crippen molar-refractivity contribution in [2.45, 2.75) is 45.5 Å². The van der Waals surface area contributed by atoms with Crippen molar-refractivity contribution in [2.24, 2.45) is 0 Å². The van der Waals surface area contributed by atoms with Crippen LogP contribution in [0.4, 0.5) is 26.3 Å². The molecule has 0 spiro atoms. The van der Waals surface area contributed by atoms with Crippen molar-refractivity contribution in [2.75, 3.05) is 0 Å². The average Bonchev–Trinajstić information content (AvgIpc) is 2.52. The van der Waals surface area contributed by atoms with Gasteiger partial charge in [0.1, 0.15) is 0 Å². The van der Waals surface area contributed by atoms with E-state index in [0.717, 1.165) is 12.1 Å². The zero-order chi connectivity index (χ0) is 18.8. The molecule has 0 radical (unpaired) electrons. The normalized spacial score (nSPS) is 12.5. The van der Waals surface area contributed by atoms with Gasteiger partial charge in [0.05, 0.1) is 11.1 Å². The zero-order valence-electron chi connectivity index (χ0n) is 13.9. The first-order valence-corrected chi connectivity index (χ1v) is 7.88. The molecule has 0 nitrogen and oxygen atoms in total. The molecule has 0 aromatic heterocycles. The summed E-state index contributed by atoms with van der Waals surface area (Å²) in [5.74, 6) is 0. The molecule has 0 saturated heterocycles. The number of aryl methyl sites for hydroxylation is 4. The monoisotopic (exact) mass is 360 g/mol. The Labute approximate surface area is 142 Å². The fourth-order valence-electron chi connectivity index (χ4n) is 2.77. The highest BCUT2D eigenvalue weighted by Gasteiger charge is 2.33. The van der Waals surface area contributed by atoms with Crippen LogP contribution in [-0.2, 0) is 31.6 Å². The summed E-state index contributed by atoms with van der Waals surface area (Å²) in [4.78, 5) is 0. The fourth-order valence-corrected chi connectivity index (χ4v) is 2.77. The van der Waals surface area contributed by atoms with Gasteiger partial charge in [-0.25, -0.2) is 0 Å². The number of benzene rings is 2. The van der Waals surface area contributed by atoms with Crippen LogP contribution in [-0.4, -0.2) is 0 Å². The van der Waals surface area contributed by atoms with Gasteiger partial charge < -0.3 is 0 Å². The van der Waals surface area contributed by atoms with Gasteiger partial charge in [0.15, 0.2) is 0 Å².